The van der Waals surface area contributed by atoms with Gasteiger partial charge in [-0.2, -0.15) is 9.94 Å². The summed E-state index contributed by atoms with van der Waals surface area (Å²) in [4.78, 5) is 25.8. The molecule has 0 radical (unpaired) electrons. The number of thiophene rings is 1. The van der Waals surface area contributed by atoms with Crippen LogP contribution in [0.5, 0.6) is 0 Å². The summed E-state index contributed by atoms with van der Waals surface area (Å²) in [6.07, 6.45) is 5.33. The molecular weight excluding hydrogens is 416 g/mol. The van der Waals surface area contributed by atoms with Gasteiger partial charge in [-0.3, -0.25) is 4.79 Å². The molecule has 3 heterocycles. The van der Waals surface area contributed by atoms with Gasteiger partial charge in [-0.25, -0.2) is 4.79 Å². The lowest BCUT2D eigenvalue weighted by Crippen LogP contribution is -2.28. The van der Waals surface area contributed by atoms with Gasteiger partial charge >= 0.3 is 5.76 Å². The summed E-state index contributed by atoms with van der Waals surface area (Å²) in [5.74, 6) is -0.332. The van der Waals surface area contributed by atoms with E-state index in [2.05, 4.69) is 37.3 Å². The van der Waals surface area contributed by atoms with E-state index < -0.39 is 11.7 Å². The van der Waals surface area contributed by atoms with Crippen LogP contribution in [0.25, 0.3) is 11.7 Å². The van der Waals surface area contributed by atoms with Gasteiger partial charge in [-0.1, -0.05) is 27.2 Å². The first kappa shape index (κ1) is 21.1. The van der Waals surface area contributed by atoms with Crippen molar-refractivity contribution in [3.8, 4) is 17.7 Å². The zero-order chi connectivity index (χ0) is 22.2. The smallest absolute Gasteiger partial charge is 0.437 e. The second-order valence-corrected chi connectivity index (χ2v) is 9.56. The Labute approximate surface area is 183 Å². The number of aromatic nitrogens is 2. The predicted molar refractivity (Wildman–Crippen MR) is 116 cm³/mol. The second-order valence-electron chi connectivity index (χ2n) is 8.46. The maximum Gasteiger partial charge on any atom is 0.437 e. The molecular formula is C22H24N4O4S. The number of amides is 1. The molecule has 1 atom stereocenters. The molecule has 3 aromatic rings. The fourth-order valence-electron chi connectivity index (χ4n) is 3.96. The first-order valence-electron chi connectivity index (χ1n) is 10.3. The molecule has 0 aliphatic heterocycles. The fourth-order valence-corrected chi connectivity index (χ4v) is 5.25. The Hall–Kier alpha value is -3.12. The molecule has 9 heteroatoms. The highest BCUT2D eigenvalue weighted by molar-refractivity contribution is 7.16. The number of nitrogens with one attached hydrogen (secondary N) is 1. The zero-order valence-electron chi connectivity index (χ0n) is 17.7. The summed E-state index contributed by atoms with van der Waals surface area (Å²) >= 11 is 1.46. The molecule has 1 aliphatic carbocycles. The second kappa shape index (κ2) is 8.19. The first-order valence-corrected chi connectivity index (χ1v) is 11.1. The molecule has 1 unspecified atom stereocenters. The van der Waals surface area contributed by atoms with Gasteiger partial charge in [0.25, 0.3) is 5.89 Å². The van der Waals surface area contributed by atoms with Crippen LogP contribution in [-0.2, 0) is 24.2 Å². The average molecular weight is 441 g/mol. The van der Waals surface area contributed by atoms with E-state index in [4.69, 9.17) is 8.83 Å². The Morgan fingerprint density at radius 2 is 2.29 bits per heavy atom. The fraction of sp³-hybridized carbons (Fsp3) is 0.455. The van der Waals surface area contributed by atoms with Crippen molar-refractivity contribution in [2.75, 3.05) is 5.32 Å². The third-order valence-electron chi connectivity index (χ3n) is 6.28. The normalized spacial score (nSPS) is 16.0. The number of furan rings is 1. The number of rotatable bonds is 6. The minimum absolute atomic E-state index is 0.0108. The van der Waals surface area contributed by atoms with Crippen molar-refractivity contribution in [3.63, 3.8) is 0 Å². The Morgan fingerprint density at radius 3 is 2.97 bits per heavy atom. The van der Waals surface area contributed by atoms with Gasteiger partial charge in [-0.15, -0.1) is 16.4 Å². The van der Waals surface area contributed by atoms with Crippen LogP contribution in [0.15, 0.2) is 32.0 Å². The first-order chi connectivity index (χ1) is 14.8. The third-order valence-corrected chi connectivity index (χ3v) is 7.45. The van der Waals surface area contributed by atoms with Crippen LogP contribution in [0.3, 0.4) is 0 Å². The van der Waals surface area contributed by atoms with Gasteiger partial charge in [0.1, 0.15) is 17.6 Å². The number of fused-ring (bicyclic) bond motifs is 1. The average Bonchev–Trinajstić information content (AvgIpc) is 3.46. The molecule has 0 spiro atoms. The van der Waals surface area contributed by atoms with Crippen LogP contribution in [0, 0.1) is 22.7 Å². The van der Waals surface area contributed by atoms with E-state index in [1.807, 2.05) is 0 Å². The number of hydrogen-bond donors (Lipinski definition) is 1. The predicted octanol–water partition coefficient (Wildman–Crippen LogP) is 4.21. The van der Waals surface area contributed by atoms with Crippen molar-refractivity contribution in [3.05, 3.63) is 45.0 Å². The quantitative estimate of drug-likeness (QED) is 0.614. The maximum atomic E-state index is 12.6. The van der Waals surface area contributed by atoms with Crippen molar-refractivity contribution >= 4 is 22.2 Å². The van der Waals surface area contributed by atoms with E-state index in [1.54, 1.807) is 12.1 Å². The van der Waals surface area contributed by atoms with Crippen LogP contribution in [0.4, 0.5) is 5.00 Å². The van der Waals surface area contributed by atoms with Gasteiger partial charge in [0, 0.05) is 4.88 Å². The molecule has 0 saturated heterocycles. The van der Waals surface area contributed by atoms with Gasteiger partial charge in [0.05, 0.1) is 11.8 Å². The maximum absolute atomic E-state index is 12.6. The molecule has 3 aromatic heterocycles. The Morgan fingerprint density at radius 1 is 1.48 bits per heavy atom. The highest BCUT2D eigenvalue weighted by atomic mass is 32.1. The molecule has 4 rings (SSSR count). The largest absolute Gasteiger partial charge is 0.459 e. The topological polar surface area (TPSA) is 114 Å². The Kier molecular flexibility index (Phi) is 5.58. The summed E-state index contributed by atoms with van der Waals surface area (Å²) < 4.78 is 11.1. The van der Waals surface area contributed by atoms with Crippen molar-refractivity contribution in [2.24, 2.45) is 11.3 Å². The number of nitrogens with zero attached hydrogens (tertiary/aromatic N) is 3. The van der Waals surface area contributed by atoms with E-state index in [9.17, 15) is 14.9 Å². The number of anilines is 1. The zero-order valence-corrected chi connectivity index (χ0v) is 18.5. The van der Waals surface area contributed by atoms with Crippen LogP contribution in [0.2, 0.25) is 0 Å². The van der Waals surface area contributed by atoms with E-state index in [1.165, 1.54) is 22.5 Å². The van der Waals surface area contributed by atoms with Crippen LogP contribution in [-0.4, -0.2) is 15.7 Å². The van der Waals surface area contributed by atoms with E-state index in [0.717, 1.165) is 35.9 Å². The third kappa shape index (κ3) is 4.08. The van der Waals surface area contributed by atoms with E-state index in [-0.39, 0.29) is 17.9 Å². The summed E-state index contributed by atoms with van der Waals surface area (Å²) in [6.45, 7) is 6.47. The van der Waals surface area contributed by atoms with E-state index in [0.29, 0.717) is 22.2 Å². The van der Waals surface area contributed by atoms with Crippen LogP contribution < -0.4 is 11.1 Å². The van der Waals surface area contributed by atoms with Gasteiger partial charge in [0.15, 0.2) is 5.76 Å². The summed E-state index contributed by atoms with van der Waals surface area (Å²) in [5.41, 5.74) is 1.81. The lowest BCUT2D eigenvalue weighted by atomic mass is 9.69. The molecule has 1 aliphatic rings. The SMILES string of the molecule is CCC(C)(C)C1CCc2c(sc(NC(=O)Cn3nc(-c4ccco4)oc3=O)c2C#N)C1. The summed E-state index contributed by atoms with van der Waals surface area (Å²) in [5, 5.41) is 17.0. The van der Waals surface area contributed by atoms with Gasteiger partial charge in [-0.05, 0) is 48.3 Å². The molecule has 31 heavy (non-hydrogen) atoms. The van der Waals surface area contributed by atoms with Crippen molar-refractivity contribution < 1.29 is 13.6 Å². The molecule has 0 aromatic carbocycles. The molecule has 0 fully saturated rings. The molecule has 0 bridgehead atoms. The number of carbonyl (C=O) groups is 1. The molecule has 1 amide bonds. The van der Waals surface area contributed by atoms with Crippen LogP contribution >= 0.6 is 11.3 Å². The molecule has 8 nitrogen and oxygen atoms in total. The number of hydrogen-bond acceptors (Lipinski definition) is 7. The van der Waals surface area contributed by atoms with Crippen LogP contribution in [0.1, 0.15) is 49.6 Å². The highest BCUT2D eigenvalue weighted by Gasteiger charge is 2.34. The van der Waals surface area contributed by atoms with E-state index >= 15 is 0 Å². The minimum atomic E-state index is -0.753. The summed E-state index contributed by atoms with van der Waals surface area (Å²) in [7, 11) is 0. The minimum Gasteiger partial charge on any atom is -0.459 e. The molecule has 162 valence electrons. The van der Waals surface area contributed by atoms with Gasteiger partial charge in [0.2, 0.25) is 5.91 Å². The number of nitriles is 1. The monoisotopic (exact) mass is 440 g/mol. The lowest BCUT2D eigenvalue weighted by molar-refractivity contribution is -0.117. The Bertz CT molecular complexity index is 1190. The highest BCUT2D eigenvalue weighted by Crippen LogP contribution is 2.45. The lowest BCUT2D eigenvalue weighted by Gasteiger charge is -2.36. The number of carbonyl (C=O) groups excluding carboxylic acids is 1. The Balaban J connectivity index is 1.51. The summed E-state index contributed by atoms with van der Waals surface area (Å²) in [6, 6.07) is 5.51. The standard InChI is InChI=1S/C22H24N4O4S/c1-4-22(2,3)13-7-8-14-15(11-23)20(31-17(14)10-13)24-18(27)12-26-21(28)30-19(25-26)16-6-5-9-29-16/h5-6,9,13H,4,7-8,10,12H2,1-3H3,(H,24,27). The van der Waals surface area contributed by atoms with Crippen molar-refractivity contribution in [1.29, 1.82) is 5.26 Å². The van der Waals surface area contributed by atoms with Crippen molar-refractivity contribution in [1.82, 2.24) is 9.78 Å². The molecule has 1 N–H and O–H groups in total. The van der Waals surface area contributed by atoms with Gasteiger partial charge < -0.3 is 14.2 Å². The molecule has 0 saturated carbocycles. The van der Waals surface area contributed by atoms with Crippen molar-refractivity contribution in [2.45, 2.75) is 53.0 Å².